The molecule has 3 amide bonds. The Morgan fingerprint density at radius 1 is 0.974 bits per heavy atom. The number of carbonyl (C=O) groups is 3. The van der Waals surface area contributed by atoms with Gasteiger partial charge in [-0.15, -0.1) is 0 Å². The minimum absolute atomic E-state index is 0.332. The fraction of sp³-hybridized carbons (Fsp3) is 0.483. The van der Waals surface area contributed by atoms with Crippen molar-refractivity contribution in [3.05, 3.63) is 53.1 Å². The van der Waals surface area contributed by atoms with Crippen LogP contribution in [0.15, 0.2) is 36.4 Å². The van der Waals surface area contributed by atoms with E-state index in [1.807, 2.05) is 32.9 Å². The lowest BCUT2D eigenvalue weighted by Gasteiger charge is -2.37. The molecule has 39 heavy (non-hydrogen) atoms. The van der Waals surface area contributed by atoms with Crippen molar-refractivity contribution in [3.63, 3.8) is 0 Å². The summed E-state index contributed by atoms with van der Waals surface area (Å²) >= 11 is 0. The van der Waals surface area contributed by atoms with Crippen molar-refractivity contribution in [1.82, 2.24) is 9.80 Å². The van der Waals surface area contributed by atoms with Crippen LogP contribution in [0.3, 0.4) is 0 Å². The van der Waals surface area contributed by atoms with E-state index in [0.29, 0.717) is 73.9 Å². The van der Waals surface area contributed by atoms with Crippen LogP contribution in [0, 0.1) is 0 Å². The Morgan fingerprint density at radius 3 is 2.28 bits per heavy atom. The minimum Gasteiger partial charge on any atom is -0.493 e. The minimum atomic E-state index is -0.570. The Kier molecular flexibility index (Phi) is 8.34. The standard InChI is InChI=1S/C29H38N4O6/c1-29(2,3)39-28(36)32-16-14-31(15-17-32)22-9-6-8-20-25(22)27(35)33(26(20)34)21(10-7-13-30)19-11-12-23(37-4)24(18-19)38-5/h6,8-9,11-12,18,21H,7,10,13-17,30H2,1-5H3/t21-/m1/s1. The highest BCUT2D eigenvalue weighted by Gasteiger charge is 2.43. The summed E-state index contributed by atoms with van der Waals surface area (Å²) in [7, 11) is 3.11. The van der Waals surface area contributed by atoms with Gasteiger partial charge < -0.3 is 29.7 Å². The number of amides is 3. The lowest BCUT2D eigenvalue weighted by atomic mass is 9.99. The third kappa shape index (κ3) is 5.80. The molecule has 2 N–H and O–H groups in total. The van der Waals surface area contributed by atoms with Crippen LogP contribution in [-0.2, 0) is 4.74 Å². The van der Waals surface area contributed by atoms with Crippen LogP contribution < -0.4 is 20.1 Å². The van der Waals surface area contributed by atoms with Gasteiger partial charge in [0.15, 0.2) is 11.5 Å². The second-order valence-electron chi connectivity index (χ2n) is 10.7. The molecule has 1 atom stereocenters. The molecule has 10 heteroatoms. The lowest BCUT2D eigenvalue weighted by Crippen LogP contribution is -2.50. The van der Waals surface area contributed by atoms with Gasteiger partial charge in [0, 0.05) is 26.2 Å². The summed E-state index contributed by atoms with van der Waals surface area (Å²) in [5.41, 5.74) is 7.49. The predicted molar refractivity (Wildman–Crippen MR) is 148 cm³/mol. The highest BCUT2D eigenvalue weighted by molar-refractivity contribution is 6.24. The zero-order chi connectivity index (χ0) is 28.3. The number of rotatable bonds is 8. The number of benzene rings is 2. The average Bonchev–Trinajstić information content (AvgIpc) is 3.17. The average molecular weight is 539 g/mol. The van der Waals surface area contributed by atoms with Gasteiger partial charge in [-0.05, 0) is 70.0 Å². The molecule has 0 spiro atoms. The van der Waals surface area contributed by atoms with E-state index >= 15 is 0 Å². The molecule has 1 saturated heterocycles. The Morgan fingerprint density at radius 2 is 1.67 bits per heavy atom. The molecule has 0 aliphatic carbocycles. The molecular formula is C29H38N4O6. The third-order valence-electron chi connectivity index (χ3n) is 6.98. The van der Waals surface area contributed by atoms with Crippen LogP contribution in [0.25, 0.3) is 0 Å². The summed E-state index contributed by atoms with van der Waals surface area (Å²) in [5, 5.41) is 0. The first-order chi connectivity index (χ1) is 18.6. The lowest BCUT2D eigenvalue weighted by molar-refractivity contribution is 0.0240. The molecule has 0 radical (unpaired) electrons. The van der Waals surface area contributed by atoms with Crippen molar-refractivity contribution in [3.8, 4) is 11.5 Å². The van der Waals surface area contributed by atoms with Gasteiger partial charge in [-0.2, -0.15) is 0 Å². The maximum Gasteiger partial charge on any atom is 0.410 e. The van der Waals surface area contributed by atoms with Gasteiger partial charge in [0.05, 0.1) is 37.1 Å². The Balaban J connectivity index is 1.61. The summed E-state index contributed by atoms with van der Waals surface area (Å²) in [5.74, 6) is 0.417. The van der Waals surface area contributed by atoms with Gasteiger partial charge in [0.25, 0.3) is 11.8 Å². The van der Waals surface area contributed by atoms with Gasteiger partial charge in [0.1, 0.15) is 5.60 Å². The summed E-state index contributed by atoms with van der Waals surface area (Å²) in [6, 6.07) is 10.3. The first-order valence-corrected chi connectivity index (χ1v) is 13.3. The van der Waals surface area contributed by atoms with Crippen LogP contribution in [0.1, 0.15) is 65.9 Å². The van der Waals surface area contributed by atoms with E-state index in [0.717, 1.165) is 5.56 Å². The molecule has 0 aromatic heterocycles. The van der Waals surface area contributed by atoms with Crippen LogP contribution in [-0.4, -0.2) is 80.3 Å². The Labute approximate surface area is 229 Å². The molecule has 0 bridgehead atoms. The number of nitrogens with two attached hydrogens (primary N) is 1. The number of nitrogens with zero attached hydrogens (tertiary/aromatic N) is 3. The Bertz CT molecular complexity index is 1230. The number of ether oxygens (including phenoxy) is 3. The second-order valence-corrected chi connectivity index (χ2v) is 10.7. The first-order valence-electron chi connectivity index (χ1n) is 13.3. The molecule has 1 fully saturated rings. The van der Waals surface area contributed by atoms with Crippen molar-refractivity contribution >= 4 is 23.6 Å². The smallest absolute Gasteiger partial charge is 0.410 e. The van der Waals surface area contributed by atoms with E-state index in [4.69, 9.17) is 19.9 Å². The zero-order valence-corrected chi connectivity index (χ0v) is 23.4. The number of piperazine rings is 1. The van der Waals surface area contributed by atoms with Gasteiger partial charge >= 0.3 is 6.09 Å². The fourth-order valence-electron chi connectivity index (χ4n) is 5.10. The monoisotopic (exact) mass is 538 g/mol. The van der Waals surface area contributed by atoms with Crippen molar-refractivity contribution in [2.75, 3.05) is 51.8 Å². The second kappa shape index (κ2) is 11.5. The molecular weight excluding hydrogens is 500 g/mol. The van der Waals surface area contributed by atoms with E-state index in [1.54, 1.807) is 43.4 Å². The topological polar surface area (TPSA) is 115 Å². The van der Waals surface area contributed by atoms with Gasteiger partial charge in [-0.25, -0.2) is 4.79 Å². The fourth-order valence-corrected chi connectivity index (χ4v) is 5.10. The van der Waals surface area contributed by atoms with Crippen LogP contribution in [0.4, 0.5) is 10.5 Å². The summed E-state index contributed by atoms with van der Waals surface area (Å²) in [6.45, 7) is 7.89. The number of methoxy groups -OCH3 is 2. The highest BCUT2D eigenvalue weighted by Crippen LogP contribution is 2.40. The molecule has 2 heterocycles. The number of hydrogen-bond donors (Lipinski definition) is 1. The highest BCUT2D eigenvalue weighted by atomic mass is 16.6. The van der Waals surface area contributed by atoms with Gasteiger partial charge in [-0.1, -0.05) is 12.1 Å². The quantitative estimate of drug-likeness (QED) is 0.505. The van der Waals surface area contributed by atoms with E-state index in [9.17, 15) is 14.4 Å². The zero-order valence-electron chi connectivity index (χ0n) is 23.4. The predicted octanol–water partition coefficient (Wildman–Crippen LogP) is 3.84. The molecule has 2 aliphatic rings. The Hall–Kier alpha value is -3.79. The molecule has 0 unspecified atom stereocenters. The molecule has 210 valence electrons. The van der Waals surface area contributed by atoms with Crippen molar-refractivity contribution in [2.45, 2.75) is 45.3 Å². The number of fused-ring (bicyclic) bond motifs is 1. The largest absolute Gasteiger partial charge is 0.493 e. The third-order valence-corrected chi connectivity index (χ3v) is 6.98. The van der Waals surface area contributed by atoms with E-state index in [2.05, 4.69) is 4.90 Å². The van der Waals surface area contributed by atoms with E-state index < -0.39 is 11.6 Å². The normalized spacial score (nSPS) is 16.3. The van der Waals surface area contributed by atoms with Gasteiger partial charge in [-0.3, -0.25) is 14.5 Å². The maximum absolute atomic E-state index is 14.0. The molecule has 2 aliphatic heterocycles. The SMILES string of the molecule is COc1ccc([C@@H](CCCN)N2C(=O)c3cccc(N4CCN(C(=O)OC(C)(C)C)CC4)c3C2=O)cc1OC. The van der Waals surface area contributed by atoms with Crippen molar-refractivity contribution in [2.24, 2.45) is 5.73 Å². The van der Waals surface area contributed by atoms with Crippen LogP contribution in [0.5, 0.6) is 11.5 Å². The molecule has 4 rings (SSSR count). The summed E-state index contributed by atoms with van der Waals surface area (Å²) in [6.07, 6.45) is 0.795. The van der Waals surface area contributed by atoms with Gasteiger partial charge in [0.2, 0.25) is 0 Å². The number of imide groups is 1. The number of anilines is 1. The molecule has 10 nitrogen and oxygen atoms in total. The van der Waals surface area contributed by atoms with Crippen LogP contribution in [0.2, 0.25) is 0 Å². The maximum atomic E-state index is 14.0. The number of carbonyl (C=O) groups excluding carboxylic acids is 3. The van der Waals surface area contributed by atoms with Crippen molar-refractivity contribution in [1.29, 1.82) is 0 Å². The molecule has 0 saturated carbocycles. The number of hydrogen-bond acceptors (Lipinski definition) is 8. The van der Waals surface area contributed by atoms with Crippen LogP contribution >= 0.6 is 0 Å². The van der Waals surface area contributed by atoms with E-state index in [1.165, 1.54) is 4.90 Å². The van der Waals surface area contributed by atoms with E-state index in [-0.39, 0.29) is 17.9 Å². The first kappa shape index (κ1) is 28.2. The summed E-state index contributed by atoms with van der Waals surface area (Å²) < 4.78 is 16.4. The summed E-state index contributed by atoms with van der Waals surface area (Å²) in [4.78, 5) is 45.3. The van der Waals surface area contributed by atoms with Crippen molar-refractivity contribution < 1.29 is 28.6 Å². The molecule has 2 aromatic carbocycles. The molecule has 2 aromatic rings.